The van der Waals surface area contributed by atoms with Crippen molar-refractivity contribution in [2.75, 3.05) is 51.3 Å². The maximum Gasteiger partial charge on any atom is 0.238 e. The number of nitrogens with zero attached hydrogens (tertiary/aromatic N) is 2. The van der Waals surface area contributed by atoms with Crippen LogP contribution in [0.5, 0.6) is 0 Å². The Morgan fingerprint density at radius 2 is 2.04 bits per heavy atom. The largest absolute Gasteiger partial charge is 0.381 e. The van der Waals surface area contributed by atoms with Crippen LogP contribution in [-0.2, 0) is 14.3 Å². The molecule has 3 rings (SSSR count). The predicted octanol–water partition coefficient (Wildman–Crippen LogP) is 1.47. The first-order valence-electron chi connectivity index (χ1n) is 8.87. The molecule has 2 saturated heterocycles. The summed E-state index contributed by atoms with van der Waals surface area (Å²) in [7, 11) is 0. The third kappa shape index (κ3) is 4.76. The number of anilines is 1. The molecular weight excluding hydrogens is 344 g/mol. The van der Waals surface area contributed by atoms with E-state index in [9.17, 15) is 18.4 Å². The summed E-state index contributed by atoms with van der Waals surface area (Å²) in [6.45, 7) is 3.73. The fourth-order valence-electron chi connectivity index (χ4n) is 3.32. The first-order valence-corrected chi connectivity index (χ1v) is 8.87. The lowest BCUT2D eigenvalue weighted by atomic mass is 10.1. The van der Waals surface area contributed by atoms with Crippen molar-refractivity contribution in [1.82, 2.24) is 9.80 Å². The highest BCUT2D eigenvalue weighted by Gasteiger charge is 2.29. The van der Waals surface area contributed by atoms with Crippen molar-refractivity contribution >= 4 is 17.5 Å². The molecule has 0 spiro atoms. The van der Waals surface area contributed by atoms with Gasteiger partial charge in [0, 0.05) is 38.9 Å². The van der Waals surface area contributed by atoms with E-state index in [1.165, 1.54) is 6.07 Å². The first kappa shape index (κ1) is 18.7. The molecule has 0 aromatic heterocycles. The Bertz CT molecular complexity index is 665. The summed E-state index contributed by atoms with van der Waals surface area (Å²) >= 11 is 0. The summed E-state index contributed by atoms with van der Waals surface area (Å²) in [4.78, 5) is 28.4. The second kappa shape index (κ2) is 8.55. The first-order chi connectivity index (χ1) is 12.5. The van der Waals surface area contributed by atoms with Gasteiger partial charge in [-0.3, -0.25) is 14.5 Å². The third-order valence-corrected chi connectivity index (χ3v) is 4.75. The molecule has 142 valence electrons. The molecule has 1 aromatic carbocycles. The lowest BCUT2D eigenvalue weighted by molar-refractivity contribution is -0.135. The van der Waals surface area contributed by atoms with Crippen molar-refractivity contribution in [2.45, 2.75) is 12.8 Å². The highest BCUT2D eigenvalue weighted by Crippen LogP contribution is 2.17. The highest BCUT2D eigenvalue weighted by molar-refractivity contribution is 5.92. The van der Waals surface area contributed by atoms with Crippen LogP contribution in [-0.4, -0.2) is 67.6 Å². The average molecular weight is 367 g/mol. The maximum absolute atomic E-state index is 13.6. The van der Waals surface area contributed by atoms with Gasteiger partial charge in [0.15, 0.2) is 0 Å². The van der Waals surface area contributed by atoms with Crippen molar-refractivity contribution in [2.24, 2.45) is 5.92 Å². The fourth-order valence-corrected chi connectivity index (χ4v) is 3.32. The van der Waals surface area contributed by atoms with Gasteiger partial charge in [-0.2, -0.15) is 0 Å². The minimum absolute atomic E-state index is 0.0377. The third-order valence-electron chi connectivity index (χ3n) is 4.75. The van der Waals surface area contributed by atoms with Gasteiger partial charge in [0.25, 0.3) is 0 Å². The van der Waals surface area contributed by atoms with Crippen molar-refractivity contribution < 1.29 is 23.1 Å². The van der Waals surface area contributed by atoms with Crippen LogP contribution < -0.4 is 5.32 Å². The van der Waals surface area contributed by atoms with Gasteiger partial charge in [-0.05, 0) is 25.0 Å². The number of nitrogens with one attached hydrogen (secondary N) is 1. The van der Waals surface area contributed by atoms with E-state index < -0.39 is 11.6 Å². The summed E-state index contributed by atoms with van der Waals surface area (Å²) < 4.78 is 31.8. The smallest absolute Gasteiger partial charge is 0.238 e. The Morgan fingerprint density at radius 1 is 1.19 bits per heavy atom. The molecule has 0 bridgehead atoms. The maximum atomic E-state index is 13.6. The van der Waals surface area contributed by atoms with Gasteiger partial charge in [-0.15, -0.1) is 0 Å². The molecule has 2 heterocycles. The van der Waals surface area contributed by atoms with Crippen molar-refractivity contribution in [3.8, 4) is 0 Å². The fraction of sp³-hybridized carbons (Fsp3) is 0.556. The Labute approximate surface area is 151 Å². The Balaban J connectivity index is 1.49. The second-order valence-corrected chi connectivity index (χ2v) is 6.69. The molecule has 26 heavy (non-hydrogen) atoms. The second-order valence-electron chi connectivity index (χ2n) is 6.69. The van der Waals surface area contributed by atoms with Crippen LogP contribution in [0.2, 0.25) is 0 Å². The van der Waals surface area contributed by atoms with Crippen LogP contribution >= 0.6 is 0 Å². The number of carbonyl (C=O) groups excluding carboxylic acids is 2. The quantitative estimate of drug-likeness (QED) is 0.876. The number of halogens is 2. The molecule has 1 aromatic rings. The lowest BCUT2D eigenvalue weighted by Crippen LogP contribution is -2.40. The molecule has 0 saturated carbocycles. The molecule has 2 aliphatic rings. The Kier molecular flexibility index (Phi) is 6.16. The molecular formula is C18H23F2N3O3. The molecule has 2 amide bonds. The minimum atomic E-state index is -0.801. The van der Waals surface area contributed by atoms with E-state index in [-0.39, 0.29) is 30.0 Å². The van der Waals surface area contributed by atoms with Crippen LogP contribution in [0.15, 0.2) is 18.2 Å². The summed E-state index contributed by atoms with van der Waals surface area (Å²) in [6.07, 6.45) is 1.54. The molecule has 1 atom stereocenters. The summed E-state index contributed by atoms with van der Waals surface area (Å²) in [5.41, 5.74) is -0.0377. The minimum Gasteiger partial charge on any atom is -0.381 e. The molecule has 0 radical (unpaired) electrons. The van der Waals surface area contributed by atoms with Crippen LogP contribution in [0.1, 0.15) is 12.8 Å². The van der Waals surface area contributed by atoms with Gasteiger partial charge in [-0.25, -0.2) is 8.78 Å². The monoisotopic (exact) mass is 367 g/mol. The number of rotatable bonds is 4. The highest BCUT2D eigenvalue weighted by atomic mass is 19.1. The van der Waals surface area contributed by atoms with Gasteiger partial charge in [0.1, 0.15) is 11.6 Å². The molecule has 8 heteroatoms. The van der Waals surface area contributed by atoms with Crippen molar-refractivity contribution in [3.63, 3.8) is 0 Å². The SMILES string of the molecule is O=C(CN1CCCN(C(=O)C2CCOC2)CC1)Nc1ccc(F)cc1F. The van der Waals surface area contributed by atoms with Crippen LogP contribution in [0, 0.1) is 17.6 Å². The normalized spacial score (nSPS) is 21.5. The number of amides is 2. The Morgan fingerprint density at radius 3 is 2.77 bits per heavy atom. The number of benzene rings is 1. The number of hydrogen-bond donors (Lipinski definition) is 1. The molecule has 1 unspecified atom stereocenters. The van der Waals surface area contributed by atoms with E-state index in [0.717, 1.165) is 25.0 Å². The Hall–Kier alpha value is -2.06. The van der Waals surface area contributed by atoms with E-state index in [0.29, 0.717) is 39.4 Å². The van der Waals surface area contributed by atoms with Crippen LogP contribution in [0.25, 0.3) is 0 Å². The number of hydrogen-bond acceptors (Lipinski definition) is 4. The van der Waals surface area contributed by atoms with Crippen molar-refractivity contribution in [3.05, 3.63) is 29.8 Å². The average Bonchev–Trinajstić information content (AvgIpc) is 3.04. The van der Waals surface area contributed by atoms with E-state index in [1.807, 2.05) is 9.80 Å². The summed E-state index contributed by atoms with van der Waals surface area (Å²) in [6, 6.07) is 3.04. The molecule has 0 aliphatic carbocycles. The van der Waals surface area contributed by atoms with Crippen LogP contribution in [0.4, 0.5) is 14.5 Å². The van der Waals surface area contributed by atoms with E-state index in [1.54, 1.807) is 0 Å². The van der Waals surface area contributed by atoms with Crippen molar-refractivity contribution in [1.29, 1.82) is 0 Å². The van der Waals surface area contributed by atoms with Gasteiger partial charge >= 0.3 is 0 Å². The van der Waals surface area contributed by atoms with Gasteiger partial charge in [0.2, 0.25) is 11.8 Å². The zero-order chi connectivity index (χ0) is 18.5. The topological polar surface area (TPSA) is 61.9 Å². The zero-order valence-electron chi connectivity index (χ0n) is 14.5. The van der Waals surface area contributed by atoms with Gasteiger partial charge in [-0.1, -0.05) is 0 Å². The van der Waals surface area contributed by atoms with E-state index >= 15 is 0 Å². The van der Waals surface area contributed by atoms with E-state index in [2.05, 4.69) is 5.32 Å². The standard InChI is InChI=1S/C18H23F2N3O3/c19-14-2-3-16(15(20)10-14)21-17(24)11-22-5-1-6-23(8-7-22)18(25)13-4-9-26-12-13/h2-3,10,13H,1,4-9,11-12H2,(H,21,24). The van der Waals surface area contributed by atoms with Gasteiger partial charge < -0.3 is 15.0 Å². The molecule has 2 aliphatic heterocycles. The lowest BCUT2D eigenvalue weighted by Gasteiger charge is -2.24. The summed E-state index contributed by atoms with van der Waals surface area (Å²) in [5.74, 6) is -1.77. The summed E-state index contributed by atoms with van der Waals surface area (Å²) in [5, 5.41) is 2.46. The molecule has 1 N–H and O–H groups in total. The zero-order valence-corrected chi connectivity index (χ0v) is 14.5. The van der Waals surface area contributed by atoms with Gasteiger partial charge in [0.05, 0.1) is 24.8 Å². The molecule has 2 fully saturated rings. The predicted molar refractivity (Wildman–Crippen MR) is 91.6 cm³/mol. The van der Waals surface area contributed by atoms with Crippen LogP contribution in [0.3, 0.4) is 0 Å². The van der Waals surface area contributed by atoms with E-state index in [4.69, 9.17) is 4.74 Å². The number of ether oxygens (including phenoxy) is 1. The number of carbonyl (C=O) groups is 2. The molecule has 6 nitrogen and oxygen atoms in total.